The van der Waals surface area contributed by atoms with Crippen LogP contribution in [0.3, 0.4) is 0 Å². The zero-order valence-corrected chi connectivity index (χ0v) is 13.7. The number of likely N-dealkylation sites (N-methyl/N-ethyl adjacent to an activating group) is 1. The van der Waals surface area contributed by atoms with Gasteiger partial charge >= 0.3 is 0 Å². The van der Waals surface area contributed by atoms with E-state index < -0.39 is 0 Å². The lowest BCUT2D eigenvalue weighted by Crippen LogP contribution is -2.38. The summed E-state index contributed by atoms with van der Waals surface area (Å²) >= 11 is 1.38. The summed E-state index contributed by atoms with van der Waals surface area (Å²) in [7, 11) is 1.82. The molecule has 1 aliphatic rings. The maximum absolute atomic E-state index is 12.8. The van der Waals surface area contributed by atoms with Crippen LogP contribution in [0, 0.1) is 0 Å². The van der Waals surface area contributed by atoms with E-state index in [9.17, 15) is 9.59 Å². The number of anilines is 1. The Morgan fingerprint density at radius 1 is 1.26 bits per heavy atom. The molecule has 1 fully saturated rings. The van der Waals surface area contributed by atoms with Gasteiger partial charge in [-0.2, -0.15) is 0 Å². The summed E-state index contributed by atoms with van der Waals surface area (Å²) in [5.74, 6) is -0.258. The summed E-state index contributed by atoms with van der Waals surface area (Å²) < 4.78 is 0. The predicted molar refractivity (Wildman–Crippen MR) is 92.1 cm³/mol. The zero-order chi connectivity index (χ0) is 16.2. The van der Waals surface area contributed by atoms with Crippen molar-refractivity contribution in [2.75, 3.05) is 25.5 Å². The summed E-state index contributed by atoms with van der Waals surface area (Å²) in [5.41, 5.74) is 1.07. The molecule has 1 aromatic heterocycles. The number of carbonyl (C=O) groups excluding carboxylic acids is 2. The van der Waals surface area contributed by atoms with Crippen molar-refractivity contribution in [2.45, 2.75) is 12.5 Å². The van der Waals surface area contributed by atoms with Crippen molar-refractivity contribution in [1.82, 2.24) is 10.2 Å². The molecule has 0 aliphatic carbocycles. The number of amides is 2. The van der Waals surface area contributed by atoms with Gasteiger partial charge in [-0.05, 0) is 36.5 Å². The molecule has 0 saturated carbocycles. The third-order valence-corrected chi connectivity index (χ3v) is 4.92. The Hall–Kier alpha value is -2.18. The van der Waals surface area contributed by atoms with Gasteiger partial charge in [-0.25, -0.2) is 0 Å². The minimum atomic E-state index is -0.189. The lowest BCUT2D eigenvalue weighted by Gasteiger charge is -2.24. The van der Waals surface area contributed by atoms with Gasteiger partial charge in [0, 0.05) is 19.6 Å². The summed E-state index contributed by atoms with van der Waals surface area (Å²) in [6, 6.07) is 10.9. The number of rotatable bonds is 4. The highest BCUT2D eigenvalue weighted by Crippen LogP contribution is 2.21. The molecule has 120 valence electrons. The van der Waals surface area contributed by atoms with Gasteiger partial charge in [-0.15, -0.1) is 11.3 Å². The van der Waals surface area contributed by atoms with Gasteiger partial charge in [-0.3, -0.25) is 9.59 Å². The van der Waals surface area contributed by atoms with Crippen LogP contribution in [0.2, 0.25) is 0 Å². The smallest absolute Gasteiger partial charge is 0.265 e. The van der Waals surface area contributed by atoms with Crippen LogP contribution in [0.4, 0.5) is 5.69 Å². The van der Waals surface area contributed by atoms with E-state index in [-0.39, 0.29) is 17.9 Å². The minimum absolute atomic E-state index is 0.0687. The van der Waals surface area contributed by atoms with Gasteiger partial charge in [0.25, 0.3) is 11.8 Å². The zero-order valence-electron chi connectivity index (χ0n) is 12.9. The van der Waals surface area contributed by atoms with Gasteiger partial charge in [0.1, 0.15) is 0 Å². The molecule has 6 heteroatoms. The Morgan fingerprint density at radius 2 is 2.09 bits per heavy atom. The van der Waals surface area contributed by atoms with Crippen molar-refractivity contribution in [3.05, 3.63) is 52.2 Å². The van der Waals surface area contributed by atoms with Crippen molar-refractivity contribution in [2.24, 2.45) is 0 Å². The molecule has 0 spiro atoms. The Bertz CT molecular complexity index is 694. The number of hydrogen-bond acceptors (Lipinski definition) is 4. The van der Waals surface area contributed by atoms with Gasteiger partial charge in [-0.1, -0.05) is 18.2 Å². The molecule has 1 aliphatic heterocycles. The molecule has 0 bridgehead atoms. The first kappa shape index (κ1) is 15.7. The third-order valence-electron chi connectivity index (χ3n) is 4.05. The fourth-order valence-corrected chi connectivity index (χ4v) is 3.32. The SMILES string of the molecule is CN(C(=O)c1ccccc1NC(=O)c1cccs1)C1CCNC1. The molecule has 0 radical (unpaired) electrons. The number of para-hydroxylation sites is 1. The van der Waals surface area contributed by atoms with Crippen LogP contribution < -0.4 is 10.6 Å². The molecule has 2 aromatic rings. The highest BCUT2D eigenvalue weighted by atomic mass is 32.1. The number of hydrogen-bond donors (Lipinski definition) is 2. The summed E-state index contributed by atoms with van der Waals surface area (Å²) in [4.78, 5) is 27.4. The van der Waals surface area contributed by atoms with E-state index in [1.807, 2.05) is 30.6 Å². The first-order valence-electron chi connectivity index (χ1n) is 7.58. The van der Waals surface area contributed by atoms with Crippen LogP contribution in [-0.2, 0) is 0 Å². The van der Waals surface area contributed by atoms with Crippen molar-refractivity contribution in [3.8, 4) is 0 Å². The maximum Gasteiger partial charge on any atom is 0.265 e. The van der Waals surface area contributed by atoms with Gasteiger partial charge in [0.2, 0.25) is 0 Å². The predicted octanol–water partition coefficient (Wildman–Crippen LogP) is 2.43. The molecule has 5 nitrogen and oxygen atoms in total. The minimum Gasteiger partial charge on any atom is -0.337 e. The molecule has 3 rings (SSSR count). The largest absolute Gasteiger partial charge is 0.337 e. The van der Waals surface area contributed by atoms with Crippen molar-refractivity contribution in [1.29, 1.82) is 0 Å². The normalized spacial score (nSPS) is 17.0. The molecule has 2 heterocycles. The monoisotopic (exact) mass is 329 g/mol. The van der Waals surface area contributed by atoms with E-state index in [0.29, 0.717) is 16.1 Å². The number of carbonyl (C=O) groups is 2. The Balaban J connectivity index is 1.79. The first-order valence-corrected chi connectivity index (χ1v) is 8.46. The van der Waals surface area contributed by atoms with Crippen molar-refractivity contribution >= 4 is 28.8 Å². The van der Waals surface area contributed by atoms with Crippen LogP contribution in [0.15, 0.2) is 41.8 Å². The number of benzene rings is 1. The topological polar surface area (TPSA) is 61.4 Å². The Morgan fingerprint density at radius 3 is 2.78 bits per heavy atom. The number of thiophene rings is 1. The van der Waals surface area contributed by atoms with Crippen molar-refractivity contribution in [3.63, 3.8) is 0 Å². The second kappa shape index (κ2) is 6.93. The van der Waals surface area contributed by atoms with Crippen LogP contribution in [-0.4, -0.2) is 42.9 Å². The van der Waals surface area contributed by atoms with E-state index in [2.05, 4.69) is 10.6 Å². The van der Waals surface area contributed by atoms with E-state index in [0.717, 1.165) is 19.5 Å². The molecular weight excluding hydrogens is 310 g/mol. The van der Waals surface area contributed by atoms with E-state index in [1.165, 1.54) is 11.3 Å². The molecule has 2 N–H and O–H groups in total. The second-order valence-electron chi connectivity index (χ2n) is 5.54. The molecule has 1 saturated heterocycles. The van der Waals surface area contributed by atoms with Crippen LogP contribution >= 0.6 is 11.3 Å². The second-order valence-corrected chi connectivity index (χ2v) is 6.49. The Kier molecular flexibility index (Phi) is 4.73. The summed E-state index contributed by atoms with van der Waals surface area (Å²) in [6.07, 6.45) is 0.950. The molecule has 1 aromatic carbocycles. The van der Waals surface area contributed by atoms with Crippen LogP contribution in [0.25, 0.3) is 0 Å². The molecule has 23 heavy (non-hydrogen) atoms. The van der Waals surface area contributed by atoms with Crippen LogP contribution in [0.1, 0.15) is 26.5 Å². The fraction of sp³-hybridized carbons (Fsp3) is 0.294. The molecule has 1 atom stereocenters. The summed E-state index contributed by atoms with van der Waals surface area (Å²) in [6.45, 7) is 1.74. The lowest BCUT2D eigenvalue weighted by molar-refractivity contribution is 0.0745. The average molecular weight is 329 g/mol. The van der Waals surface area contributed by atoms with E-state index >= 15 is 0 Å². The number of nitrogens with one attached hydrogen (secondary N) is 2. The number of nitrogens with zero attached hydrogens (tertiary/aromatic N) is 1. The van der Waals surface area contributed by atoms with E-state index in [4.69, 9.17) is 0 Å². The maximum atomic E-state index is 12.8. The molecule has 2 amide bonds. The van der Waals surface area contributed by atoms with Crippen LogP contribution in [0.5, 0.6) is 0 Å². The highest BCUT2D eigenvalue weighted by Gasteiger charge is 2.25. The van der Waals surface area contributed by atoms with Gasteiger partial charge in [0.05, 0.1) is 16.1 Å². The molecule has 1 unspecified atom stereocenters. The highest BCUT2D eigenvalue weighted by molar-refractivity contribution is 7.12. The summed E-state index contributed by atoms with van der Waals surface area (Å²) in [5, 5.41) is 7.96. The average Bonchev–Trinajstić information content (AvgIpc) is 3.27. The molecular formula is C17H19N3O2S. The van der Waals surface area contributed by atoms with E-state index in [1.54, 1.807) is 23.1 Å². The van der Waals surface area contributed by atoms with Crippen molar-refractivity contribution < 1.29 is 9.59 Å². The fourth-order valence-electron chi connectivity index (χ4n) is 2.70. The first-order chi connectivity index (χ1) is 11.2. The quantitative estimate of drug-likeness (QED) is 0.906. The Labute approximate surface area is 139 Å². The third kappa shape index (κ3) is 3.43. The van der Waals surface area contributed by atoms with Gasteiger partial charge < -0.3 is 15.5 Å². The van der Waals surface area contributed by atoms with Gasteiger partial charge in [0.15, 0.2) is 0 Å². The standard InChI is InChI=1S/C17H19N3O2S/c1-20(12-8-9-18-11-12)17(22)13-5-2-3-6-14(13)19-16(21)15-7-4-10-23-15/h2-7,10,12,18H,8-9,11H2,1H3,(H,19,21). The lowest BCUT2D eigenvalue weighted by atomic mass is 10.1.